The Morgan fingerprint density at radius 2 is 2.00 bits per heavy atom. The fourth-order valence-electron chi connectivity index (χ4n) is 1.66. The second-order valence-electron chi connectivity index (χ2n) is 4.42. The Bertz CT molecular complexity index is 632. The van der Waals surface area contributed by atoms with Crippen molar-refractivity contribution in [1.29, 1.82) is 0 Å². The molecule has 1 amide bonds. The van der Waals surface area contributed by atoms with Crippen LogP contribution in [0.4, 0.5) is 11.5 Å². The monoisotopic (exact) mass is 289 g/mol. The van der Waals surface area contributed by atoms with Gasteiger partial charge in [0.15, 0.2) is 0 Å². The Labute approximate surface area is 122 Å². The molecule has 0 bridgehead atoms. The smallest absolute Gasteiger partial charge is 0.256 e. The van der Waals surface area contributed by atoms with Crippen molar-refractivity contribution in [1.82, 2.24) is 10.2 Å². The van der Waals surface area contributed by atoms with E-state index < -0.39 is 0 Å². The van der Waals surface area contributed by atoms with Crippen LogP contribution in [0.15, 0.2) is 30.5 Å². The Hall–Kier alpha value is -2.41. The van der Waals surface area contributed by atoms with Gasteiger partial charge in [0.1, 0.15) is 10.8 Å². The number of nitrogens with zero attached hydrogens (tertiary/aromatic N) is 2. The molecular weight excluding hydrogens is 274 g/mol. The van der Waals surface area contributed by atoms with E-state index in [9.17, 15) is 4.79 Å². The van der Waals surface area contributed by atoms with E-state index in [-0.39, 0.29) is 10.9 Å². The average Bonchev–Trinajstić information content (AvgIpc) is 2.87. The van der Waals surface area contributed by atoms with Gasteiger partial charge in [-0.1, -0.05) is 12.2 Å². The molecule has 1 heterocycles. The van der Waals surface area contributed by atoms with Gasteiger partial charge in [0.25, 0.3) is 5.91 Å². The average molecular weight is 289 g/mol. The maximum Gasteiger partial charge on any atom is 0.256 e. The van der Waals surface area contributed by atoms with Crippen molar-refractivity contribution in [2.75, 3.05) is 24.3 Å². The lowest BCUT2D eigenvalue weighted by molar-refractivity contribution is 0.102. The lowest BCUT2D eigenvalue weighted by atomic mass is 10.2. The number of hydrogen-bond donors (Lipinski definition) is 3. The van der Waals surface area contributed by atoms with Gasteiger partial charge in [-0.3, -0.25) is 9.89 Å². The van der Waals surface area contributed by atoms with Crippen LogP contribution in [0, 0.1) is 0 Å². The fraction of sp³-hybridized carbons (Fsp3) is 0.154. The third-order valence-corrected chi connectivity index (χ3v) is 3.01. The molecule has 0 atom stereocenters. The molecule has 0 aliphatic heterocycles. The standard InChI is InChI=1S/C13H15N5OS/c1-18(2)9-5-3-8(4-6-9)13(19)16-12-10(11(14)20)7-15-17-12/h3-7H,1-2H3,(H2,14,20)(H2,15,16,17,19). The summed E-state index contributed by atoms with van der Waals surface area (Å²) in [6.45, 7) is 0. The number of anilines is 2. The zero-order valence-corrected chi connectivity index (χ0v) is 12.0. The largest absolute Gasteiger partial charge is 0.389 e. The van der Waals surface area contributed by atoms with Crippen LogP contribution in [0.3, 0.4) is 0 Å². The van der Waals surface area contributed by atoms with E-state index in [4.69, 9.17) is 18.0 Å². The number of aromatic nitrogens is 2. The van der Waals surface area contributed by atoms with Crippen LogP contribution < -0.4 is 16.0 Å². The van der Waals surface area contributed by atoms with Crippen molar-refractivity contribution in [2.45, 2.75) is 0 Å². The molecule has 4 N–H and O–H groups in total. The molecule has 6 nitrogen and oxygen atoms in total. The molecule has 7 heteroatoms. The lowest BCUT2D eigenvalue weighted by Gasteiger charge is -2.12. The summed E-state index contributed by atoms with van der Waals surface area (Å²) in [7, 11) is 3.88. The first-order valence-electron chi connectivity index (χ1n) is 5.91. The van der Waals surface area contributed by atoms with Gasteiger partial charge in [0, 0.05) is 25.3 Å². The summed E-state index contributed by atoms with van der Waals surface area (Å²) in [6.07, 6.45) is 1.48. The van der Waals surface area contributed by atoms with Gasteiger partial charge in [-0.15, -0.1) is 0 Å². The summed E-state index contributed by atoms with van der Waals surface area (Å²) >= 11 is 4.88. The van der Waals surface area contributed by atoms with Crippen LogP contribution in [0.2, 0.25) is 0 Å². The van der Waals surface area contributed by atoms with Crippen LogP contribution >= 0.6 is 12.2 Å². The zero-order valence-electron chi connectivity index (χ0n) is 11.2. The molecular formula is C13H15N5OS. The van der Waals surface area contributed by atoms with Crippen molar-refractivity contribution in [3.8, 4) is 0 Å². The van der Waals surface area contributed by atoms with Crippen molar-refractivity contribution >= 4 is 34.6 Å². The Morgan fingerprint density at radius 1 is 1.35 bits per heavy atom. The Balaban J connectivity index is 2.15. The molecule has 1 aromatic heterocycles. The van der Waals surface area contributed by atoms with Gasteiger partial charge >= 0.3 is 0 Å². The Morgan fingerprint density at radius 3 is 2.55 bits per heavy atom. The molecule has 0 saturated heterocycles. The highest BCUT2D eigenvalue weighted by Gasteiger charge is 2.12. The number of rotatable bonds is 4. The number of aromatic amines is 1. The molecule has 0 aliphatic carbocycles. The maximum absolute atomic E-state index is 12.1. The highest BCUT2D eigenvalue weighted by atomic mass is 32.1. The minimum atomic E-state index is -0.253. The van der Waals surface area contributed by atoms with Crippen molar-refractivity contribution in [2.24, 2.45) is 5.73 Å². The van der Waals surface area contributed by atoms with E-state index in [2.05, 4.69) is 15.5 Å². The molecule has 1 aromatic carbocycles. The minimum Gasteiger partial charge on any atom is -0.389 e. The molecule has 104 valence electrons. The SMILES string of the molecule is CN(C)c1ccc(C(=O)Nc2[nH]ncc2C(N)=S)cc1. The number of H-pyrrole nitrogens is 1. The fourth-order valence-corrected chi connectivity index (χ4v) is 1.82. The maximum atomic E-state index is 12.1. The van der Waals surface area contributed by atoms with Gasteiger partial charge in [-0.05, 0) is 24.3 Å². The third kappa shape index (κ3) is 2.94. The summed E-state index contributed by atoms with van der Waals surface area (Å²) in [5.41, 5.74) is 7.61. The molecule has 0 fully saturated rings. The quantitative estimate of drug-likeness (QED) is 0.740. The van der Waals surface area contributed by atoms with E-state index in [1.807, 2.05) is 31.1 Å². The van der Waals surface area contributed by atoms with Crippen LogP contribution in [0.1, 0.15) is 15.9 Å². The first kappa shape index (κ1) is 14.0. The molecule has 0 radical (unpaired) electrons. The topological polar surface area (TPSA) is 87.0 Å². The summed E-state index contributed by atoms with van der Waals surface area (Å²) in [4.78, 5) is 14.2. The number of hydrogen-bond acceptors (Lipinski definition) is 4. The molecule has 0 unspecified atom stereocenters. The normalized spacial score (nSPS) is 10.1. The molecule has 0 saturated carbocycles. The van der Waals surface area contributed by atoms with E-state index in [0.717, 1.165) is 5.69 Å². The predicted molar refractivity (Wildman–Crippen MR) is 83.2 cm³/mol. The lowest BCUT2D eigenvalue weighted by Crippen LogP contribution is -2.17. The highest BCUT2D eigenvalue weighted by molar-refractivity contribution is 7.80. The second kappa shape index (κ2) is 5.70. The van der Waals surface area contributed by atoms with Gasteiger partial charge in [0.2, 0.25) is 0 Å². The first-order chi connectivity index (χ1) is 9.49. The summed E-state index contributed by atoms with van der Waals surface area (Å²) in [6, 6.07) is 7.25. The highest BCUT2D eigenvalue weighted by Crippen LogP contribution is 2.15. The van der Waals surface area contributed by atoms with Crippen molar-refractivity contribution in [3.63, 3.8) is 0 Å². The number of amides is 1. The van der Waals surface area contributed by atoms with E-state index >= 15 is 0 Å². The predicted octanol–water partition coefficient (Wildman–Crippen LogP) is 1.36. The number of nitrogens with one attached hydrogen (secondary N) is 2. The molecule has 2 aromatic rings. The van der Waals surface area contributed by atoms with Gasteiger partial charge in [-0.2, -0.15) is 5.10 Å². The summed E-state index contributed by atoms with van der Waals surface area (Å²) in [5.74, 6) is 0.149. The van der Waals surface area contributed by atoms with Crippen molar-refractivity contribution in [3.05, 3.63) is 41.6 Å². The van der Waals surface area contributed by atoms with E-state index in [1.165, 1.54) is 6.20 Å². The van der Waals surface area contributed by atoms with Crippen LogP contribution in [0.5, 0.6) is 0 Å². The molecule has 2 rings (SSSR count). The van der Waals surface area contributed by atoms with Crippen molar-refractivity contribution < 1.29 is 4.79 Å². The molecule has 0 spiro atoms. The number of nitrogens with two attached hydrogens (primary N) is 1. The number of thiocarbonyl (C=S) groups is 1. The number of benzene rings is 1. The van der Waals surface area contributed by atoms with Gasteiger partial charge < -0.3 is 16.0 Å². The van der Waals surface area contributed by atoms with Gasteiger partial charge in [-0.25, -0.2) is 0 Å². The molecule has 0 aliphatic rings. The number of carbonyl (C=O) groups is 1. The van der Waals surface area contributed by atoms with E-state index in [1.54, 1.807) is 12.1 Å². The molecule has 20 heavy (non-hydrogen) atoms. The first-order valence-corrected chi connectivity index (χ1v) is 6.32. The Kier molecular flexibility index (Phi) is 3.99. The third-order valence-electron chi connectivity index (χ3n) is 2.79. The summed E-state index contributed by atoms with van der Waals surface area (Å²) < 4.78 is 0. The summed E-state index contributed by atoms with van der Waals surface area (Å²) in [5, 5.41) is 9.17. The second-order valence-corrected chi connectivity index (χ2v) is 4.86. The van der Waals surface area contributed by atoms with E-state index in [0.29, 0.717) is 16.9 Å². The van der Waals surface area contributed by atoms with Crippen LogP contribution in [0.25, 0.3) is 0 Å². The van der Waals surface area contributed by atoms with Crippen LogP contribution in [-0.2, 0) is 0 Å². The van der Waals surface area contributed by atoms with Gasteiger partial charge in [0.05, 0.1) is 11.8 Å². The minimum absolute atomic E-state index is 0.178. The zero-order chi connectivity index (χ0) is 14.7. The van der Waals surface area contributed by atoms with Crippen LogP contribution in [-0.4, -0.2) is 35.2 Å². The number of carbonyl (C=O) groups excluding carboxylic acids is 1.